The van der Waals surface area contributed by atoms with Crippen LogP contribution in [0.4, 0.5) is 10.5 Å². The van der Waals surface area contributed by atoms with E-state index in [0.717, 1.165) is 37.5 Å². The molecule has 0 spiro atoms. The standard InChI is InChI=1S/C27H34N4O4/c1-4-34-21-12-10-20(11-13-21)25-24(26(32)35-5-2)22(28-27(33)29-25)18-30-14-16-31(17-15-30)23-9-7-6-8-19(23)3/h6-13,25H,4-5,14-18H2,1-3H3,(H2,28,29,33). The fourth-order valence-corrected chi connectivity index (χ4v) is 4.65. The number of benzene rings is 2. The van der Waals surface area contributed by atoms with Gasteiger partial charge in [-0.3, -0.25) is 4.90 Å². The van der Waals surface area contributed by atoms with E-state index in [0.29, 0.717) is 24.4 Å². The first-order valence-electron chi connectivity index (χ1n) is 12.2. The van der Waals surface area contributed by atoms with Crippen molar-refractivity contribution in [1.82, 2.24) is 15.5 Å². The summed E-state index contributed by atoms with van der Waals surface area (Å²) in [5, 5.41) is 5.78. The molecule has 0 aromatic heterocycles. The van der Waals surface area contributed by atoms with Crippen LogP contribution in [-0.2, 0) is 9.53 Å². The van der Waals surface area contributed by atoms with E-state index in [9.17, 15) is 9.59 Å². The minimum Gasteiger partial charge on any atom is -0.494 e. The van der Waals surface area contributed by atoms with Gasteiger partial charge in [0.25, 0.3) is 0 Å². The molecule has 2 N–H and O–H groups in total. The molecule has 2 aliphatic rings. The predicted octanol–water partition coefficient (Wildman–Crippen LogP) is 3.39. The molecule has 0 aliphatic carbocycles. The Morgan fingerprint density at radius 2 is 1.71 bits per heavy atom. The van der Waals surface area contributed by atoms with Crippen LogP contribution in [0.25, 0.3) is 0 Å². The molecular weight excluding hydrogens is 444 g/mol. The monoisotopic (exact) mass is 478 g/mol. The molecule has 35 heavy (non-hydrogen) atoms. The third-order valence-corrected chi connectivity index (χ3v) is 6.38. The predicted molar refractivity (Wildman–Crippen MR) is 136 cm³/mol. The molecule has 0 saturated carbocycles. The van der Waals surface area contributed by atoms with E-state index < -0.39 is 12.0 Å². The summed E-state index contributed by atoms with van der Waals surface area (Å²) >= 11 is 0. The Labute approximate surface area is 206 Å². The van der Waals surface area contributed by atoms with Gasteiger partial charge in [-0.05, 0) is 50.1 Å². The van der Waals surface area contributed by atoms with Gasteiger partial charge in [0.1, 0.15) is 5.75 Å². The summed E-state index contributed by atoms with van der Waals surface area (Å²) in [6.07, 6.45) is 0. The van der Waals surface area contributed by atoms with Gasteiger partial charge in [-0.15, -0.1) is 0 Å². The molecule has 1 saturated heterocycles. The van der Waals surface area contributed by atoms with Gasteiger partial charge in [0.05, 0.1) is 24.8 Å². The third kappa shape index (κ3) is 5.77. The van der Waals surface area contributed by atoms with Crippen LogP contribution in [0.3, 0.4) is 0 Å². The van der Waals surface area contributed by atoms with Crippen molar-refractivity contribution in [2.45, 2.75) is 26.8 Å². The van der Waals surface area contributed by atoms with E-state index in [1.165, 1.54) is 11.3 Å². The average molecular weight is 479 g/mol. The largest absolute Gasteiger partial charge is 0.494 e. The van der Waals surface area contributed by atoms with Crippen molar-refractivity contribution in [1.29, 1.82) is 0 Å². The number of nitrogens with one attached hydrogen (secondary N) is 2. The third-order valence-electron chi connectivity index (χ3n) is 6.38. The summed E-state index contributed by atoms with van der Waals surface area (Å²) in [5.41, 5.74) is 4.35. The number of esters is 1. The molecule has 186 valence electrons. The molecular formula is C27H34N4O4. The lowest BCUT2D eigenvalue weighted by atomic mass is 9.94. The van der Waals surface area contributed by atoms with E-state index in [1.54, 1.807) is 6.92 Å². The summed E-state index contributed by atoms with van der Waals surface area (Å²) in [5.74, 6) is 0.317. The van der Waals surface area contributed by atoms with Gasteiger partial charge in [-0.2, -0.15) is 0 Å². The summed E-state index contributed by atoms with van der Waals surface area (Å²) in [4.78, 5) is 30.3. The number of piperazine rings is 1. The number of rotatable bonds is 8. The topological polar surface area (TPSA) is 83.1 Å². The van der Waals surface area contributed by atoms with Crippen molar-refractivity contribution in [2.24, 2.45) is 0 Å². The van der Waals surface area contributed by atoms with Crippen LogP contribution >= 0.6 is 0 Å². The zero-order valence-corrected chi connectivity index (χ0v) is 20.7. The molecule has 4 rings (SSSR count). The molecule has 2 amide bonds. The van der Waals surface area contributed by atoms with Crippen LogP contribution in [0.2, 0.25) is 0 Å². The molecule has 2 aliphatic heterocycles. The van der Waals surface area contributed by atoms with Crippen LogP contribution in [-0.4, -0.2) is 62.8 Å². The molecule has 8 heteroatoms. The number of hydrogen-bond donors (Lipinski definition) is 2. The average Bonchev–Trinajstić information content (AvgIpc) is 2.85. The maximum Gasteiger partial charge on any atom is 0.338 e. The van der Waals surface area contributed by atoms with Crippen molar-refractivity contribution < 1.29 is 19.1 Å². The van der Waals surface area contributed by atoms with Gasteiger partial charge in [-0.25, -0.2) is 9.59 Å². The van der Waals surface area contributed by atoms with Crippen molar-refractivity contribution in [2.75, 3.05) is 50.8 Å². The Morgan fingerprint density at radius 3 is 2.37 bits per heavy atom. The number of anilines is 1. The Morgan fingerprint density at radius 1 is 1.00 bits per heavy atom. The van der Waals surface area contributed by atoms with Crippen molar-refractivity contribution >= 4 is 17.7 Å². The highest BCUT2D eigenvalue weighted by atomic mass is 16.5. The smallest absolute Gasteiger partial charge is 0.338 e. The van der Waals surface area contributed by atoms with Crippen molar-refractivity contribution in [3.05, 3.63) is 70.9 Å². The van der Waals surface area contributed by atoms with E-state index in [2.05, 4.69) is 51.6 Å². The van der Waals surface area contributed by atoms with Crippen molar-refractivity contribution in [3.8, 4) is 5.75 Å². The quantitative estimate of drug-likeness (QED) is 0.566. The van der Waals surface area contributed by atoms with Gasteiger partial charge in [0.15, 0.2) is 0 Å². The van der Waals surface area contributed by atoms with E-state index in [1.807, 2.05) is 31.2 Å². The van der Waals surface area contributed by atoms with Gasteiger partial charge in [-0.1, -0.05) is 30.3 Å². The zero-order valence-electron chi connectivity index (χ0n) is 20.7. The lowest BCUT2D eigenvalue weighted by molar-refractivity contribution is -0.139. The molecule has 2 aromatic carbocycles. The number of hydrogen-bond acceptors (Lipinski definition) is 6. The molecule has 1 unspecified atom stereocenters. The van der Waals surface area contributed by atoms with Crippen LogP contribution in [0.15, 0.2) is 59.8 Å². The minimum atomic E-state index is -0.596. The summed E-state index contributed by atoms with van der Waals surface area (Å²) in [6, 6.07) is 14.9. The van der Waals surface area contributed by atoms with Gasteiger partial charge < -0.3 is 25.0 Å². The van der Waals surface area contributed by atoms with Crippen LogP contribution < -0.4 is 20.3 Å². The normalized spacial score (nSPS) is 18.7. The summed E-state index contributed by atoms with van der Waals surface area (Å²) < 4.78 is 10.9. The lowest BCUT2D eigenvalue weighted by Gasteiger charge is -2.38. The van der Waals surface area contributed by atoms with Gasteiger partial charge in [0.2, 0.25) is 0 Å². The second-order valence-electron chi connectivity index (χ2n) is 8.70. The maximum absolute atomic E-state index is 13.1. The molecule has 0 radical (unpaired) electrons. The first-order chi connectivity index (χ1) is 17.0. The van der Waals surface area contributed by atoms with Crippen LogP contribution in [0, 0.1) is 6.92 Å². The number of para-hydroxylation sites is 1. The first kappa shape index (κ1) is 24.6. The summed E-state index contributed by atoms with van der Waals surface area (Å²) in [7, 11) is 0. The fourth-order valence-electron chi connectivity index (χ4n) is 4.65. The van der Waals surface area contributed by atoms with E-state index >= 15 is 0 Å². The number of amides is 2. The maximum atomic E-state index is 13.1. The van der Waals surface area contributed by atoms with Crippen LogP contribution in [0.1, 0.15) is 31.0 Å². The Kier molecular flexibility index (Phi) is 7.92. The van der Waals surface area contributed by atoms with Crippen molar-refractivity contribution in [3.63, 3.8) is 0 Å². The van der Waals surface area contributed by atoms with E-state index in [-0.39, 0.29) is 12.6 Å². The number of carbonyl (C=O) groups is 2. The van der Waals surface area contributed by atoms with Gasteiger partial charge in [0, 0.05) is 44.1 Å². The van der Waals surface area contributed by atoms with E-state index in [4.69, 9.17) is 9.47 Å². The number of ether oxygens (including phenoxy) is 2. The first-order valence-corrected chi connectivity index (χ1v) is 12.2. The highest BCUT2D eigenvalue weighted by Crippen LogP contribution is 2.30. The molecule has 8 nitrogen and oxygen atoms in total. The highest BCUT2D eigenvalue weighted by molar-refractivity contribution is 5.95. The number of nitrogens with zero attached hydrogens (tertiary/aromatic N) is 2. The molecule has 1 atom stereocenters. The fraction of sp³-hybridized carbons (Fsp3) is 0.407. The second kappa shape index (κ2) is 11.3. The molecule has 2 heterocycles. The number of carbonyl (C=O) groups excluding carboxylic acids is 2. The summed E-state index contributed by atoms with van der Waals surface area (Å²) in [6.45, 7) is 10.5. The second-order valence-corrected chi connectivity index (χ2v) is 8.70. The van der Waals surface area contributed by atoms with Gasteiger partial charge >= 0.3 is 12.0 Å². The Bertz CT molecular complexity index is 1070. The molecule has 1 fully saturated rings. The minimum absolute atomic E-state index is 0.259. The number of urea groups is 1. The highest BCUT2D eigenvalue weighted by Gasteiger charge is 2.34. The lowest BCUT2D eigenvalue weighted by Crippen LogP contribution is -2.52. The number of aryl methyl sites for hydroxylation is 1. The zero-order chi connectivity index (χ0) is 24.8. The Hall–Kier alpha value is -3.52. The SMILES string of the molecule is CCOC(=O)C1=C(CN2CCN(c3ccccc3C)CC2)NC(=O)NC1c1ccc(OCC)cc1. The van der Waals surface area contributed by atoms with Crippen LogP contribution in [0.5, 0.6) is 5.75 Å². The Balaban J connectivity index is 1.55. The molecule has 2 aromatic rings. The molecule has 0 bridgehead atoms.